The predicted octanol–water partition coefficient (Wildman–Crippen LogP) is -0.190. The zero-order chi connectivity index (χ0) is 12.0. The van der Waals surface area contributed by atoms with Crippen molar-refractivity contribution in [2.24, 2.45) is 4.99 Å². The zero-order valence-electron chi connectivity index (χ0n) is 11.4. The van der Waals surface area contributed by atoms with Gasteiger partial charge in [-0.05, 0) is 32.4 Å². The molecule has 2 heterocycles. The summed E-state index contributed by atoms with van der Waals surface area (Å²) in [6.07, 6.45) is 0.919. The molecule has 90 valence electrons. The summed E-state index contributed by atoms with van der Waals surface area (Å²) in [5.41, 5.74) is 2.31. The summed E-state index contributed by atoms with van der Waals surface area (Å²) >= 11 is 0. The molecular weight excluding hydrogens is 221 g/mol. The van der Waals surface area contributed by atoms with E-state index in [2.05, 4.69) is 50.0 Å². The SMILES string of the molecule is Cc1ccc([C@@H]2O[C-]2C2=NC(C)(C)CO2)cc1.[Li+]. The van der Waals surface area contributed by atoms with Crippen LogP contribution in [-0.4, -0.2) is 18.0 Å². The second-order valence-corrected chi connectivity index (χ2v) is 5.29. The molecule has 1 aromatic rings. The van der Waals surface area contributed by atoms with E-state index < -0.39 is 0 Å². The van der Waals surface area contributed by atoms with E-state index in [4.69, 9.17) is 9.47 Å². The number of hydrogen-bond acceptors (Lipinski definition) is 3. The van der Waals surface area contributed by atoms with Gasteiger partial charge in [0.25, 0.3) is 0 Å². The van der Waals surface area contributed by atoms with Gasteiger partial charge in [-0.3, -0.25) is 4.99 Å². The van der Waals surface area contributed by atoms with Gasteiger partial charge in [0.2, 0.25) is 0 Å². The monoisotopic (exact) mass is 237 g/mol. The molecule has 2 aliphatic rings. The van der Waals surface area contributed by atoms with Crippen LogP contribution < -0.4 is 18.9 Å². The number of epoxide rings is 1. The molecule has 0 amide bonds. The van der Waals surface area contributed by atoms with Crippen LogP contribution in [0.25, 0.3) is 0 Å². The zero-order valence-corrected chi connectivity index (χ0v) is 11.4. The summed E-state index contributed by atoms with van der Waals surface area (Å²) in [6.45, 7) is 6.83. The number of hydrogen-bond donors (Lipinski definition) is 0. The third-order valence-electron chi connectivity index (χ3n) is 2.98. The largest absolute Gasteiger partial charge is 1.00 e. The van der Waals surface area contributed by atoms with E-state index in [9.17, 15) is 0 Å². The Bertz CT molecular complexity index is 467. The van der Waals surface area contributed by atoms with Gasteiger partial charge in [-0.1, -0.05) is 29.8 Å². The van der Waals surface area contributed by atoms with E-state index in [0.29, 0.717) is 12.5 Å². The van der Waals surface area contributed by atoms with E-state index in [0.717, 1.165) is 6.10 Å². The fourth-order valence-electron chi connectivity index (χ4n) is 1.93. The number of nitrogens with zero attached hydrogens (tertiary/aromatic N) is 1. The first-order chi connectivity index (χ1) is 8.05. The average molecular weight is 237 g/mol. The molecule has 1 aromatic carbocycles. The summed E-state index contributed by atoms with van der Waals surface area (Å²) in [4.78, 5) is 4.51. The molecule has 2 aliphatic heterocycles. The van der Waals surface area contributed by atoms with Gasteiger partial charge in [0.05, 0.1) is 11.4 Å². The van der Waals surface area contributed by atoms with Gasteiger partial charge >= 0.3 is 18.9 Å². The number of rotatable bonds is 2. The normalized spacial score (nSPS) is 24.1. The van der Waals surface area contributed by atoms with E-state index in [1.165, 1.54) is 11.1 Å². The summed E-state index contributed by atoms with van der Waals surface area (Å²) in [5.74, 6) is 0.681. The molecule has 4 heteroatoms. The fraction of sp³-hybridized carbons (Fsp3) is 0.429. The van der Waals surface area contributed by atoms with Gasteiger partial charge in [0.1, 0.15) is 6.61 Å². The second kappa shape index (κ2) is 4.66. The van der Waals surface area contributed by atoms with E-state index >= 15 is 0 Å². The third kappa shape index (κ3) is 2.59. The average Bonchev–Trinajstić information content (AvgIpc) is 2.98. The van der Waals surface area contributed by atoms with Crippen LogP contribution in [0.5, 0.6) is 0 Å². The number of aryl methyl sites for hydroxylation is 1. The van der Waals surface area contributed by atoms with Crippen LogP contribution in [0.4, 0.5) is 0 Å². The molecule has 18 heavy (non-hydrogen) atoms. The maximum absolute atomic E-state index is 5.58. The van der Waals surface area contributed by atoms with Crippen molar-refractivity contribution in [3.63, 3.8) is 0 Å². The minimum atomic E-state index is -0.119. The Labute approximate surface area is 120 Å². The first-order valence-corrected chi connectivity index (χ1v) is 5.88. The Morgan fingerprint density at radius 1 is 1.28 bits per heavy atom. The topological polar surface area (TPSA) is 34.1 Å². The summed E-state index contributed by atoms with van der Waals surface area (Å²) in [5, 5.41) is 0. The smallest absolute Gasteiger partial charge is 0.533 e. The predicted molar refractivity (Wildman–Crippen MR) is 65.7 cm³/mol. The molecule has 3 rings (SSSR count). The summed E-state index contributed by atoms with van der Waals surface area (Å²) in [6, 6.07) is 8.37. The third-order valence-corrected chi connectivity index (χ3v) is 2.98. The summed E-state index contributed by atoms with van der Waals surface area (Å²) < 4.78 is 11.1. The Morgan fingerprint density at radius 2 is 1.94 bits per heavy atom. The molecule has 1 fully saturated rings. The van der Waals surface area contributed by atoms with Crippen LogP contribution in [0.1, 0.15) is 31.1 Å². The van der Waals surface area contributed by atoms with Crippen molar-refractivity contribution in [3.05, 3.63) is 41.5 Å². The van der Waals surface area contributed by atoms with Crippen molar-refractivity contribution >= 4 is 5.90 Å². The Kier molecular flexibility index (Phi) is 3.51. The molecule has 0 N–H and O–H groups in total. The van der Waals surface area contributed by atoms with Crippen LogP contribution in [-0.2, 0) is 9.47 Å². The Balaban J connectivity index is 0.00000120. The molecule has 1 saturated heterocycles. The standard InChI is InChI=1S/C14H16NO2.Li/c1-9-4-6-10(7-5-9)11-12(17-11)13-15-14(2,3)8-16-13;/h4-7,11H,8H2,1-3H3;/q-1;+1/t11-;/m0./s1. The number of benzene rings is 1. The quantitative estimate of drug-likeness (QED) is 0.406. The molecule has 0 saturated carbocycles. The van der Waals surface area contributed by atoms with Gasteiger partial charge in [0.15, 0.2) is 0 Å². The van der Waals surface area contributed by atoms with E-state index in [-0.39, 0.29) is 30.5 Å². The molecule has 0 radical (unpaired) electrons. The van der Waals surface area contributed by atoms with Gasteiger partial charge in [-0.25, -0.2) is 0 Å². The van der Waals surface area contributed by atoms with Gasteiger partial charge in [-0.15, -0.1) is 0 Å². The first-order valence-electron chi connectivity index (χ1n) is 5.88. The molecule has 0 bridgehead atoms. The molecule has 0 spiro atoms. The molecule has 3 nitrogen and oxygen atoms in total. The molecule has 0 aromatic heterocycles. The van der Waals surface area contributed by atoms with Crippen LogP contribution in [0.15, 0.2) is 29.3 Å². The van der Waals surface area contributed by atoms with Crippen LogP contribution in [0, 0.1) is 13.0 Å². The van der Waals surface area contributed by atoms with Crippen molar-refractivity contribution < 1.29 is 28.3 Å². The van der Waals surface area contributed by atoms with Crippen molar-refractivity contribution in [3.8, 4) is 0 Å². The Morgan fingerprint density at radius 3 is 2.50 bits per heavy atom. The fourth-order valence-corrected chi connectivity index (χ4v) is 1.93. The summed E-state index contributed by atoms with van der Waals surface area (Å²) in [7, 11) is 0. The maximum atomic E-state index is 5.58. The minimum Gasteiger partial charge on any atom is -0.533 e. The number of ether oxygens (including phenoxy) is 2. The molecule has 0 unspecified atom stereocenters. The van der Waals surface area contributed by atoms with Gasteiger partial charge < -0.3 is 9.47 Å². The van der Waals surface area contributed by atoms with Crippen LogP contribution in [0.2, 0.25) is 0 Å². The van der Waals surface area contributed by atoms with Crippen LogP contribution >= 0.6 is 0 Å². The van der Waals surface area contributed by atoms with Crippen LogP contribution in [0.3, 0.4) is 0 Å². The van der Waals surface area contributed by atoms with Gasteiger partial charge in [0, 0.05) is 0 Å². The van der Waals surface area contributed by atoms with E-state index in [1.807, 2.05) is 0 Å². The second-order valence-electron chi connectivity index (χ2n) is 5.29. The minimum absolute atomic E-state index is 0. The Hall–Kier alpha value is -0.883. The van der Waals surface area contributed by atoms with Crippen molar-refractivity contribution in [2.45, 2.75) is 32.4 Å². The van der Waals surface area contributed by atoms with E-state index in [1.54, 1.807) is 0 Å². The van der Waals surface area contributed by atoms with Crippen molar-refractivity contribution in [2.75, 3.05) is 6.61 Å². The maximum Gasteiger partial charge on any atom is 1.00 e. The van der Waals surface area contributed by atoms with Crippen molar-refractivity contribution in [1.29, 1.82) is 0 Å². The molecule has 1 atom stereocenters. The first kappa shape index (κ1) is 13.5. The van der Waals surface area contributed by atoms with Gasteiger partial charge in [-0.2, -0.15) is 6.10 Å². The molecule has 0 aliphatic carbocycles. The molecular formula is C14H16LiNO2. The number of aliphatic imine (C=N–C) groups is 1. The van der Waals surface area contributed by atoms with Crippen molar-refractivity contribution in [1.82, 2.24) is 0 Å².